The van der Waals surface area contributed by atoms with E-state index in [2.05, 4.69) is 10.6 Å². The van der Waals surface area contributed by atoms with Crippen LogP contribution in [0, 0.1) is 0 Å². The van der Waals surface area contributed by atoms with Crippen molar-refractivity contribution in [3.63, 3.8) is 0 Å². The summed E-state index contributed by atoms with van der Waals surface area (Å²) in [6.07, 6.45) is 3.51. The summed E-state index contributed by atoms with van der Waals surface area (Å²) in [4.78, 5) is 12.2. The highest BCUT2D eigenvalue weighted by Crippen LogP contribution is 2.37. The molecule has 0 bridgehead atoms. The molecule has 6 nitrogen and oxygen atoms in total. The summed E-state index contributed by atoms with van der Waals surface area (Å²) >= 11 is 6.23. The Hall–Kier alpha value is -1.66. The zero-order chi connectivity index (χ0) is 16.1. The van der Waals surface area contributed by atoms with E-state index in [0.29, 0.717) is 42.0 Å². The van der Waals surface area contributed by atoms with Gasteiger partial charge in [-0.3, -0.25) is 0 Å². The van der Waals surface area contributed by atoms with Crippen LogP contribution in [0.5, 0.6) is 11.5 Å². The van der Waals surface area contributed by atoms with Crippen LogP contribution in [0.25, 0.3) is 0 Å². The monoisotopic (exact) mass is 340 g/mol. The van der Waals surface area contributed by atoms with Crippen LogP contribution < -0.4 is 20.1 Å². The van der Waals surface area contributed by atoms with Gasteiger partial charge in [0.1, 0.15) is 0 Å². The smallest absolute Gasteiger partial charge is 0.319 e. The number of fused-ring (bicyclic) bond motifs is 1. The van der Waals surface area contributed by atoms with E-state index < -0.39 is 0 Å². The minimum atomic E-state index is -0.270. The molecule has 0 saturated carbocycles. The van der Waals surface area contributed by atoms with Crippen molar-refractivity contribution in [3.8, 4) is 11.5 Å². The van der Waals surface area contributed by atoms with Gasteiger partial charge in [-0.05, 0) is 19.3 Å². The van der Waals surface area contributed by atoms with Gasteiger partial charge in [0.15, 0.2) is 11.5 Å². The number of benzene rings is 1. The molecular weight excluding hydrogens is 320 g/mol. The zero-order valence-corrected chi connectivity index (χ0v) is 13.7. The van der Waals surface area contributed by atoms with Crippen LogP contribution in [-0.4, -0.2) is 38.5 Å². The van der Waals surface area contributed by atoms with E-state index in [-0.39, 0.29) is 12.1 Å². The Morgan fingerprint density at radius 2 is 1.83 bits per heavy atom. The van der Waals surface area contributed by atoms with Gasteiger partial charge >= 0.3 is 6.03 Å². The van der Waals surface area contributed by atoms with Gasteiger partial charge < -0.3 is 24.8 Å². The molecule has 126 valence electrons. The summed E-state index contributed by atoms with van der Waals surface area (Å²) in [5.74, 6) is 1.21. The number of carbonyl (C=O) groups excluding carboxylic acids is 1. The number of amides is 2. The topological polar surface area (TPSA) is 68.8 Å². The van der Waals surface area contributed by atoms with Gasteiger partial charge in [0.2, 0.25) is 0 Å². The standard InChI is InChI=1S/C16H21ClN2O4/c17-12-9-14-15(23-7-2-6-22-14)10-13(12)19-16(20)18-11-3-1-5-21-8-4-11/h9-11H,1-8H2,(H2,18,19,20). The summed E-state index contributed by atoms with van der Waals surface area (Å²) in [5, 5.41) is 6.18. The van der Waals surface area contributed by atoms with Crippen molar-refractivity contribution in [2.75, 3.05) is 31.7 Å². The highest BCUT2D eigenvalue weighted by Gasteiger charge is 2.18. The number of anilines is 1. The molecule has 0 spiro atoms. The van der Waals surface area contributed by atoms with E-state index >= 15 is 0 Å². The van der Waals surface area contributed by atoms with Gasteiger partial charge in [0.25, 0.3) is 0 Å². The second-order valence-electron chi connectivity index (χ2n) is 5.67. The fraction of sp³-hybridized carbons (Fsp3) is 0.562. The maximum atomic E-state index is 12.2. The third-order valence-corrected chi connectivity index (χ3v) is 4.19. The molecule has 2 aliphatic heterocycles. The molecule has 23 heavy (non-hydrogen) atoms. The van der Waals surface area contributed by atoms with E-state index in [4.69, 9.17) is 25.8 Å². The average molecular weight is 341 g/mol. The van der Waals surface area contributed by atoms with Crippen LogP contribution >= 0.6 is 11.6 Å². The summed E-state index contributed by atoms with van der Waals surface area (Å²) in [6, 6.07) is 3.24. The minimum Gasteiger partial charge on any atom is -0.490 e. The van der Waals surface area contributed by atoms with Crippen molar-refractivity contribution in [3.05, 3.63) is 17.2 Å². The quantitative estimate of drug-likeness (QED) is 0.867. The number of hydrogen-bond donors (Lipinski definition) is 2. The lowest BCUT2D eigenvalue weighted by Gasteiger charge is -2.17. The van der Waals surface area contributed by atoms with Crippen LogP contribution in [0.15, 0.2) is 12.1 Å². The fourth-order valence-corrected chi connectivity index (χ4v) is 2.87. The molecule has 2 amide bonds. The minimum absolute atomic E-state index is 0.122. The fourth-order valence-electron chi connectivity index (χ4n) is 2.67. The highest BCUT2D eigenvalue weighted by atomic mass is 35.5. The van der Waals surface area contributed by atoms with Gasteiger partial charge in [-0.25, -0.2) is 4.79 Å². The predicted molar refractivity (Wildman–Crippen MR) is 87.7 cm³/mol. The van der Waals surface area contributed by atoms with Crippen LogP contribution in [0.4, 0.5) is 10.5 Å². The Bertz CT molecular complexity index is 559. The van der Waals surface area contributed by atoms with Gasteiger partial charge in [-0.1, -0.05) is 11.6 Å². The van der Waals surface area contributed by atoms with Gasteiger partial charge in [0, 0.05) is 37.8 Å². The summed E-state index contributed by atoms with van der Waals surface area (Å²) in [7, 11) is 0. The molecule has 2 heterocycles. The van der Waals surface area contributed by atoms with Crippen LogP contribution in [-0.2, 0) is 4.74 Å². The van der Waals surface area contributed by atoms with E-state index in [1.165, 1.54) is 0 Å². The number of halogens is 1. The van der Waals surface area contributed by atoms with Crippen molar-refractivity contribution < 1.29 is 19.0 Å². The predicted octanol–water partition coefficient (Wildman–Crippen LogP) is 3.19. The summed E-state index contributed by atoms with van der Waals surface area (Å²) in [5.41, 5.74) is 0.512. The zero-order valence-electron chi connectivity index (χ0n) is 12.9. The molecule has 7 heteroatoms. The molecule has 0 aromatic heterocycles. The number of rotatable bonds is 2. The van der Waals surface area contributed by atoms with Crippen molar-refractivity contribution in [1.82, 2.24) is 5.32 Å². The Morgan fingerprint density at radius 1 is 1.04 bits per heavy atom. The van der Waals surface area contributed by atoms with Crippen molar-refractivity contribution >= 4 is 23.3 Å². The lowest BCUT2D eigenvalue weighted by Crippen LogP contribution is -2.38. The van der Waals surface area contributed by atoms with Gasteiger partial charge in [0.05, 0.1) is 23.9 Å². The number of ether oxygens (including phenoxy) is 3. The molecule has 1 unspecified atom stereocenters. The molecular formula is C16H21ClN2O4. The van der Waals surface area contributed by atoms with E-state index in [1.807, 2.05) is 0 Å². The lowest BCUT2D eigenvalue weighted by atomic mass is 10.1. The maximum Gasteiger partial charge on any atom is 0.319 e. The van der Waals surface area contributed by atoms with Crippen molar-refractivity contribution in [2.24, 2.45) is 0 Å². The second-order valence-corrected chi connectivity index (χ2v) is 6.08. The van der Waals surface area contributed by atoms with Gasteiger partial charge in [-0.2, -0.15) is 0 Å². The molecule has 0 aliphatic carbocycles. The third kappa shape index (κ3) is 4.42. The summed E-state index contributed by atoms with van der Waals surface area (Å²) in [6.45, 7) is 2.62. The normalized spacial score (nSPS) is 21.0. The third-order valence-electron chi connectivity index (χ3n) is 3.87. The van der Waals surface area contributed by atoms with Crippen molar-refractivity contribution in [1.29, 1.82) is 0 Å². The van der Waals surface area contributed by atoms with Gasteiger partial charge in [-0.15, -0.1) is 0 Å². The molecule has 1 atom stereocenters. The molecule has 0 radical (unpaired) electrons. The van der Waals surface area contributed by atoms with E-state index in [9.17, 15) is 4.79 Å². The first-order valence-corrected chi connectivity index (χ1v) is 8.34. The number of carbonyl (C=O) groups is 1. The summed E-state index contributed by atoms with van der Waals surface area (Å²) < 4.78 is 16.6. The van der Waals surface area contributed by atoms with E-state index in [1.54, 1.807) is 12.1 Å². The van der Waals surface area contributed by atoms with Crippen LogP contribution in [0.3, 0.4) is 0 Å². The first-order valence-electron chi connectivity index (χ1n) is 7.97. The largest absolute Gasteiger partial charge is 0.490 e. The molecule has 2 N–H and O–H groups in total. The molecule has 1 aromatic carbocycles. The molecule has 1 aromatic rings. The number of urea groups is 1. The first-order chi connectivity index (χ1) is 11.2. The van der Waals surface area contributed by atoms with Crippen LogP contribution in [0.2, 0.25) is 5.02 Å². The first kappa shape index (κ1) is 16.2. The van der Waals surface area contributed by atoms with Crippen LogP contribution in [0.1, 0.15) is 25.7 Å². The Labute approximate surface area is 140 Å². The second kappa shape index (κ2) is 7.75. The Balaban J connectivity index is 1.64. The molecule has 3 rings (SSSR count). The number of nitrogens with one attached hydrogen (secondary N) is 2. The molecule has 1 saturated heterocycles. The molecule has 2 aliphatic rings. The maximum absolute atomic E-state index is 12.2. The lowest BCUT2D eigenvalue weighted by molar-refractivity contribution is 0.143. The Morgan fingerprint density at radius 3 is 2.65 bits per heavy atom. The highest BCUT2D eigenvalue weighted by molar-refractivity contribution is 6.34. The van der Waals surface area contributed by atoms with E-state index in [0.717, 1.165) is 32.3 Å². The molecule has 1 fully saturated rings. The Kier molecular flexibility index (Phi) is 5.46. The van der Waals surface area contributed by atoms with Crippen molar-refractivity contribution in [2.45, 2.75) is 31.7 Å². The SMILES string of the molecule is O=C(Nc1cc2c(cc1Cl)OCCCO2)NC1CCCOCC1. The average Bonchev–Trinajstić information content (AvgIpc) is 2.90. The number of hydrogen-bond acceptors (Lipinski definition) is 4.